The number of methoxy groups -OCH3 is 1. The van der Waals surface area contributed by atoms with E-state index in [1.807, 2.05) is 71.3 Å². The Morgan fingerprint density at radius 2 is 1.60 bits per heavy atom. The third-order valence-corrected chi connectivity index (χ3v) is 3.96. The van der Waals surface area contributed by atoms with Crippen molar-refractivity contribution in [2.45, 2.75) is 0 Å². The minimum atomic E-state index is 0.577. The van der Waals surface area contributed by atoms with E-state index < -0.39 is 0 Å². The van der Waals surface area contributed by atoms with Gasteiger partial charge in [0.1, 0.15) is 11.6 Å². The van der Waals surface area contributed by atoms with Crippen LogP contribution in [0.3, 0.4) is 0 Å². The van der Waals surface area contributed by atoms with Crippen molar-refractivity contribution < 1.29 is 4.74 Å². The van der Waals surface area contributed by atoms with Gasteiger partial charge >= 0.3 is 0 Å². The molecule has 4 rings (SSSR count). The smallest absolute Gasteiger partial charge is 0.214 e. The zero-order valence-corrected chi connectivity index (χ0v) is 13.8. The van der Waals surface area contributed by atoms with Crippen molar-refractivity contribution in [2.75, 3.05) is 7.11 Å². The summed E-state index contributed by atoms with van der Waals surface area (Å²) in [5, 5.41) is 0. The van der Waals surface area contributed by atoms with E-state index in [4.69, 9.17) is 9.72 Å². The summed E-state index contributed by atoms with van der Waals surface area (Å²) in [5.74, 6) is 2.18. The number of pyridine rings is 1. The van der Waals surface area contributed by atoms with Crippen LogP contribution in [0.1, 0.15) is 11.4 Å². The van der Waals surface area contributed by atoms with E-state index in [1.54, 1.807) is 7.11 Å². The Morgan fingerprint density at radius 3 is 2.44 bits per heavy atom. The van der Waals surface area contributed by atoms with Gasteiger partial charge in [-0.1, -0.05) is 54.6 Å². The van der Waals surface area contributed by atoms with Gasteiger partial charge in [0.25, 0.3) is 0 Å². The summed E-state index contributed by atoms with van der Waals surface area (Å²) in [6.07, 6.45) is 4.06. The molecule has 0 unspecified atom stereocenters. The molecule has 0 aliphatic heterocycles. The fraction of sp³-hybridized carbons (Fsp3) is 0.0476. The standard InChI is InChI=1S/C21H17N3O/c1-25-21-13-7-12-19(23-21)24-18-11-6-5-10-17(18)22-20(24)15-14-16-8-3-2-4-9-16/h2-15H,1H3/b15-14+. The average molecular weight is 327 g/mol. The van der Waals surface area contributed by atoms with Crippen molar-refractivity contribution in [1.29, 1.82) is 0 Å². The first-order chi connectivity index (χ1) is 12.3. The van der Waals surface area contributed by atoms with Gasteiger partial charge in [0.05, 0.1) is 18.1 Å². The number of hydrogen-bond acceptors (Lipinski definition) is 3. The maximum atomic E-state index is 5.27. The SMILES string of the molecule is COc1cccc(-n2c(/C=C/c3ccccc3)nc3ccccc32)n1. The number of nitrogens with zero attached hydrogens (tertiary/aromatic N) is 3. The Morgan fingerprint density at radius 1 is 0.800 bits per heavy atom. The number of imidazole rings is 1. The summed E-state index contributed by atoms with van der Waals surface area (Å²) in [6.45, 7) is 0. The highest BCUT2D eigenvalue weighted by atomic mass is 16.5. The summed E-state index contributed by atoms with van der Waals surface area (Å²) in [5.41, 5.74) is 3.07. The molecule has 0 radical (unpaired) electrons. The lowest BCUT2D eigenvalue weighted by Gasteiger charge is -2.07. The molecule has 4 nitrogen and oxygen atoms in total. The third kappa shape index (κ3) is 3.02. The Kier molecular flexibility index (Phi) is 4.01. The van der Waals surface area contributed by atoms with Crippen molar-refractivity contribution in [3.05, 3.63) is 84.2 Å². The molecule has 0 atom stereocenters. The van der Waals surface area contributed by atoms with E-state index in [0.29, 0.717) is 5.88 Å². The van der Waals surface area contributed by atoms with Crippen LogP contribution in [-0.4, -0.2) is 21.6 Å². The van der Waals surface area contributed by atoms with Gasteiger partial charge in [0.15, 0.2) is 0 Å². The van der Waals surface area contributed by atoms with Crippen LogP contribution in [0.5, 0.6) is 5.88 Å². The van der Waals surface area contributed by atoms with E-state index in [2.05, 4.69) is 23.2 Å². The maximum Gasteiger partial charge on any atom is 0.214 e. The van der Waals surface area contributed by atoms with Gasteiger partial charge in [0, 0.05) is 6.07 Å². The quantitative estimate of drug-likeness (QED) is 0.550. The fourth-order valence-electron chi connectivity index (χ4n) is 2.77. The predicted molar refractivity (Wildman–Crippen MR) is 101 cm³/mol. The van der Waals surface area contributed by atoms with Crippen LogP contribution >= 0.6 is 0 Å². The Labute approximate surface area is 146 Å². The van der Waals surface area contributed by atoms with Gasteiger partial charge in [-0.2, -0.15) is 4.98 Å². The second-order valence-corrected chi connectivity index (χ2v) is 5.58. The maximum absolute atomic E-state index is 5.27. The number of aromatic nitrogens is 3. The van der Waals surface area contributed by atoms with Gasteiger partial charge in [0.2, 0.25) is 5.88 Å². The van der Waals surface area contributed by atoms with E-state index in [-0.39, 0.29) is 0 Å². The monoisotopic (exact) mass is 327 g/mol. The molecular weight excluding hydrogens is 310 g/mol. The molecular formula is C21H17N3O. The van der Waals surface area contributed by atoms with Crippen LogP contribution in [0.25, 0.3) is 29.0 Å². The molecule has 4 aromatic rings. The first-order valence-electron chi connectivity index (χ1n) is 8.07. The molecule has 0 saturated carbocycles. The van der Waals surface area contributed by atoms with Crippen LogP contribution in [0.4, 0.5) is 0 Å². The lowest BCUT2D eigenvalue weighted by molar-refractivity contribution is 0.397. The molecule has 25 heavy (non-hydrogen) atoms. The lowest BCUT2D eigenvalue weighted by Crippen LogP contribution is -2.01. The highest BCUT2D eigenvalue weighted by Gasteiger charge is 2.11. The van der Waals surface area contributed by atoms with Crippen molar-refractivity contribution in [3.63, 3.8) is 0 Å². The van der Waals surface area contributed by atoms with E-state index >= 15 is 0 Å². The molecule has 0 saturated heterocycles. The molecule has 0 spiro atoms. The first-order valence-corrected chi connectivity index (χ1v) is 8.07. The lowest BCUT2D eigenvalue weighted by atomic mass is 10.2. The summed E-state index contributed by atoms with van der Waals surface area (Å²) < 4.78 is 7.31. The minimum Gasteiger partial charge on any atom is -0.481 e. The summed E-state index contributed by atoms with van der Waals surface area (Å²) in [6, 6.07) is 23.9. The number of benzene rings is 2. The molecule has 2 heterocycles. The largest absolute Gasteiger partial charge is 0.481 e. The normalized spacial score (nSPS) is 11.2. The van der Waals surface area contributed by atoms with E-state index in [9.17, 15) is 0 Å². The summed E-state index contributed by atoms with van der Waals surface area (Å²) in [4.78, 5) is 9.32. The topological polar surface area (TPSA) is 39.9 Å². The molecule has 0 N–H and O–H groups in total. The number of rotatable bonds is 4. The molecule has 2 aromatic heterocycles. The van der Waals surface area contributed by atoms with Gasteiger partial charge in [-0.25, -0.2) is 4.98 Å². The van der Waals surface area contributed by atoms with Crippen molar-refractivity contribution in [2.24, 2.45) is 0 Å². The molecule has 0 aliphatic carbocycles. The fourth-order valence-corrected chi connectivity index (χ4v) is 2.77. The number of hydrogen-bond donors (Lipinski definition) is 0. The van der Waals surface area contributed by atoms with Crippen LogP contribution in [0.15, 0.2) is 72.8 Å². The van der Waals surface area contributed by atoms with Crippen molar-refractivity contribution in [1.82, 2.24) is 14.5 Å². The van der Waals surface area contributed by atoms with E-state index in [0.717, 1.165) is 28.2 Å². The Hall–Kier alpha value is -3.40. The highest BCUT2D eigenvalue weighted by molar-refractivity contribution is 5.81. The van der Waals surface area contributed by atoms with Crippen LogP contribution < -0.4 is 4.74 Å². The Balaban J connectivity index is 1.87. The molecule has 0 bridgehead atoms. The number of ether oxygens (including phenoxy) is 1. The molecule has 0 amide bonds. The zero-order chi connectivity index (χ0) is 17.1. The van der Waals surface area contributed by atoms with Crippen LogP contribution in [0.2, 0.25) is 0 Å². The molecule has 4 heteroatoms. The minimum absolute atomic E-state index is 0.577. The van der Waals surface area contributed by atoms with Gasteiger partial charge < -0.3 is 4.74 Å². The molecule has 2 aromatic carbocycles. The summed E-state index contributed by atoms with van der Waals surface area (Å²) >= 11 is 0. The Bertz CT molecular complexity index is 1040. The highest BCUT2D eigenvalue weighted by Crippen LogP contribution is 2.23. The van der Waals surface area contributed by atoms with Gasteiger partial charge in [-0.15, -0.1) is 0 Å². The van der Waals surface area contributed by atoms with Crippen molar-refractivity contribution >= 4 is 23.2 Å². The van der Waals surface area contributed by atoms with Crippen LogP contribution in [-0.2, 0) is 0 Å². The van der Waals surface area contributed by atoms with Gasteiger partial charge in [-0.05, 0) is 29.8 Å². The summed E-state index contributed by atoms with van der Waals surface area (Å²) in [7, 11) is 1.62. The van der Waals surface area contributed by atoms with Gasteiger partial charge in [-0.3, -0.25) is 4.57 Å². The second-order valence-electron chi connectivity index (χ2n) is 5.58. The first kappa shape index (κ1) is 15.1. The molecule has 0 fully saturated rings. The van der Waals surface area contributed by atoms with Crippen LogP contribution in [0, 0.1) is 0 Å². The van der Waals surface area contributed by atoms with E-state index in [1.165, 1.54) is 0 Å². The predicted octanol–water partition coefficient (Wildman–Crippen LogP) is 4.60. The zero-order valence-electron chi connectivity index (χ0n) is 13.8. The second kappa shape index (κ2) is 6.61. The average Bonchev–Trinajstić information content (AvgIpc) is 3.05. The molecule has 122 valence electrons. The number of fused-ring (bicyclic) bond motifs is 1. The molecule has 0 aliphatic rings. The number of para-hydroxylation sites is 2. The third-order valence-electron chi connectivity index (χ3n) is 3.96. The van der Waals surface area contributed by atoms with Crippen molar-refractivity contribution in [3.8, 4) is 11.7 Å².